The number of carboxylic acids is 1. The average Bonchev–Trinajstić information content (AvgIpc) is 2.02. The molecule has 0 radical (unpaired) electrons. The first-order chi connectivity index (χ1) is 6.28. The van der Waals surface area contributed by atoms with Crippen molar-refractivity contribution in [3.05, 3.63) is 0 Å². The van der Waals surface area contributed by atoms with E-state index in [2.05, 4.69) is 4.72 Å². The zero-order valence-corrected chi connectivity index (χ0v) is 9.47. The van der Waals surface area contributed by atoms with E-state index in [0.29, 0.717) is 6.42 Å². The molecule has 0 bridgehead atoms. The first-order valence-electron chi connectivity index (χ1n) is 4.51. The summed E-state index contributed by atoms with van der Waals surface area (Å²) in [6, 6.07) is -1.01. The lowest BCUT2D eigenvalue weighted by Crippen LogP contribution is -2.42. The fourth-order valence-electron chi connectivity index (χ4n) is 0.971. The van der Waals surface area contributed by atoms with Crippen LogP contribution in [-0.2, 0) is 14.8 Å². The molecule has 0 heterocycles. The maximum atomic E-state index is 11.1. The number of hydrogen-bond donors (Lipinski definition) is 2. The summed E-state index contributed by atoms with van der Waals surface area (Å²) in [6.07, 6.45) is 0.300. The Morgan fingerprint density at radius 2 is 1.93 bits per heavy atom. The Bertz CT molecular complexity index is 284. The van der Waals surface area contributed by atoms with E-state index in [0.717, 1.165) is 0 Å². The van der Waals surface area contributed by atoms with Crippen LogP contribution in [0.15, 0.2) is 0 Å². The van der Waals surface area contributed by atoms with Gasteiger partial charge in [-0.25, -0.2) is 13.1 Å². The van der Waals surface area contributed by atoms with Gasteiger partial charge in [-0.3, -0.25) is 4.79 Å². The molecule has 0 amide bonds. The largest absolute Gasteiger partial charge is 0.480 e. The number of carbonyl (C=O) groups is 1. The fraction of sp³-hybridized carbons (Fsp3) is 0.875. The van der Waals surface area contributed by atoms with E-state index in [1.54, 1.807) is 0 Å². The number of nitrogens with one attached hydrogen (secondary N) is 1. The van der Waals surface area contributed by atoms with Crippen molar-refractivity contribution in [1.82, 2.24) is 4.72 Å². The predicted octanol–water partition coefficient (Wildman–Crippen LogP) is 0.425. The smallest absolute Gasteiger partial charge is 0.321 e. The first-order valence-corrected chi connectivity index (χ1v) is 6.16. The van der Waals surface area contributed by atoms with Crippen LogP contribution in [0.5, 0.6) is 0 Å². The highest BCUT2D eigenvalue weighted by atomic mass is 32.2. The van der Waals surface area contributed by atoms with Crippen LogP contribution in [0, 0.1) is 5.92 Å². The van der Waals surface area contributed by atoms with E-state index < -0.39 is 22.0 Å². The number of rotatable bonds is 6. The van der Waals surface area contributed by atoms with Crippen LogP contribution >= 0.6 is 0 Å². The van der Waals surface area contributed by atoms with E-state index in [-0.39, 0.29) is 11.7 Å². The molecule has 0 spiro atoms. The average molecular weight is 223 g/mol. The van der Waals surface area contributed by atoms with Crippen LogP contribution < -0.4 is 4.72 Å². The molecule has 84 valence electrons. The summed E-state index contributed by atoms with van der Waals surface area (Å²) in [5.41, 5.74) is 0. The van der Waals surface area contributed by atoms with Gasteiger partial charge in [-0.2, -0.15) is 0 Å². The second-order valence-electron chi connectivity index (χ2n) is 3.54. The van der Waals surface area contributed by atoms with Crippen molar-refractivity contribution in [2.24, 2.45) is 5.92 Å². The molecule has 0 saturated heterocycles. The highest BCUT2D eigenvalue weighted by Crippen LogP contribution is 2.06. The molecular weight excluding hydrogens is 206 g/mol. The summed E-state index contributed by atoms with van der Waals surface area (Å²) < 4.78 is 24.4. The highest BCUT2D eigenvalue weighted by Gasteiger charge is 2.23. The van der Waals surface area contributed by atoms with Crippen LogP contribution in [0.4, 0.5) is 0 Å². The first kappa shape index (κ1) is 13.4. The van der Waals surface area contributed by atoms with E-state index in [9.17, 15) is 13.2 Å². The van der Waals surface area contributed by atoms with Gasteiger partial charge in [0.15, 0.2) is 0 Å². The lowest BCUT2D eigenvalue weighted by Gasteiger charge is -2.15. The maximum absolute atomic E-state index is 11.1. The minimum atomic E-state index is -3.44. The van der Waals surface area contributed by atoms with E-state index in [1.807, 2.05) is 13.8 Å². The zero-order valence-electron chi connectivity index (χ0n) is 8.65. The summed E-state index contributed by atoms with van der Waals surface area (Å²) in [5.74, 6) is -1.10. The number of carboxylic acid groups (broad SMARTS) is 1. The van der Waals surface area contributed by atoms with Gasteiger partial charge in [0.1, 0.15) is 6.04 Å². The van der Waals surface area contributed by atoms with Crippen molar-refractivity contribution in [1.29, 1.82) is 0 Å². The van der Waals surface area contributed by atoms with Crippen molar-refractivity contribution in [2.45, 2.75) is 33.2 Å². The van der Waals surface area contributed by atoms with Crippen molar-refractivity contribution in [3.8, 4) is 0 Å². The monoisotopic (exact) mass is 223 g/mol. The molecule has 0 rings (SSSR count). The van der Waals surface area contributed by atoms with Crippen LogP contribution in [0.1, 0.15) is 27.2 Å². The Hall–Kier alpha value is -0.620. The molecule has 1 atom stereocenters. The summed E-state index contributed by atoms with van der Waals surface area (Å²) in [4.78, 5) is 10.7. The van der Waals surface area contributed by atoms with Crippen LogP contribution in [-0.4, -0.2) is 31.3 Å². The normalized spacial score (nSPS) is 14.3. The minimum absolute atomic E-state index is 0.102. The zero-order chi connectivity index (χ0) is 11.4. The van der Waals surface area contributed by atoms with Crippen molar-refractivity contribution < 1.29 is 18.3 Å². The fourth-order valence-corrected chi connectivity index (χ4v) is 1.77. The topological polar surface area (TPSA) is 83.5 Å². The summed E-state index contributed by atoms with van der Waals surface area (Å²) in [6.45, 7) is 5.16. The van der Waals surface area contributed by atoms with Crippen LogP contribution in [0.2, 0.25) is 0 Å². The molecule has 6 heteroatoms. The second-order valence-corrected chi connectivity index (χ2v) is 5.58. The van der Waals surface area contributed by atoms with Crippen molar-refractivity contribution >= 4 is 16.0 Å². The molecule has 0 aromatic carbocycles. The van der Waals surface area contributed by atoms with Gasteiger partial charge in [0.25, 0.3) is 0 Å². The number of hydrogen-bond acceptors (Lipinski definition) is 3. The maximum Gasteiger partial charge on any atom is 0.321 e. The molecule has 0 aliphatic carbocycles. The third kappa shape index (κ3) is 5.18. The molecule has 0 fully saturated rings. The van der Waals surface area contributed by atoms with Gasteiger partial charge in [-0.05, 0) is 19.3 Å². The minimum Gasteiger partial charge on any atom is -0.480 e. The third-order valence-electron chi connectivity index (χ3n) is 1.71. The molecule has 0 unspecified atom stereocenters. The molecular formula is C8H17NO4S. The summed E-state index contributed by atoms with van der Waals surface area (Å²) in [7, 11) is -3.44. The van der Waals surface area contributed by atoms with Crippen LogP contribution in [0.3, 0.4) is 0 Å². The Labute approximate surface area is 84.6 Å². The molecule has 5 nitrogen and oxygen atoms in total. The third-order valence-corrected chi connectivity index (χ3v) is 3.11. The number of aliphatic carboxylic acids is 1. The Morgan fingerprint density at radius 3 is 2.21 bits per heavy atom. The highest BCUT2D eigenvalue weighted by molar-refractivity contribution is 7.89. The van der Waals surface area contributed by atoms with Crippen LogP contribution in [0.25, 0.3) is 0 Å². The predicted molar refractivity (Wildman–Crippen MR) is 53.5 cm³/mol. The quantitative estimate of drug-likeness (QED) is 0.683. The lowest BCUT2D eigenvalue weighted by molar-refractivity contribution is -0.139. The molecule has 0 aliphatic rings. The van der Waals surface area contributed by atoms with E-state index in [4.69, 9.17) is 5.11 Å². The van der Waals surface area contributed by atoms with Gasteiger partial charge in [0, 0.05) is 0 Å². The Kier molecular flexibility index (Phi) is 5.07. The Balaban J connectivity index is 4.46. The van der Waals surface area contributed by atoms with Gasteiger partial charge >= 0.3 is 5.97 Å². The molecule has 0 aliphatic heterocycles. The molecule has 0 aromatic rings. The Morgan fingerprint density at radius 1 is 1.43 bits per heavy atom. The summed E-state index contributed by atoms with van der Waals surface area (Å²) >= 11 is 0. The van der Waals surface area contributed by atoms with Gasteiger partial charge < -0.3 is 5.11 Å². The number of sulfonamides is 1. The van der Waals surface area contributed by atoms with E-state index >= 15 is 0 Å². The SMILES string of the molecule is CCS(=O)(=O)N[C@H](CC(C)C)C(=O)O. The molecule has 2 N–H and O–H groups in total. The second kappa shape index (κ2) is 5.31. The standard InChI is InChI=1S/C8H17NO4S/c1-4-14(12,13)9-7(8(10)11)5-6(2)3/h6-7,9H,4-5H2,1-3H3,(H,10,11)/t7-/m1/s1. The molecule has 14 heavy (non-hydrogen) atoms. The van der Waals surface area contributed by atoms with Crippen molar-refractivity contribution in [3.63, 3.8) is 0 Å². The van der Waals surface area contributed by atoms with E-state index in [1.165, 1.54) is 6.92 Å². The van der Waals surface area contributed by atoms with Gasteiger partial charge in [0.2, 0.25) is 10.0 Å². The molecule has 0 aromatic heterocycles. The van der Waals surface area contributed by atoms with Gasteiger partial charge in [0.05, 0.1) is 5.75 Å². The van der Waals surface area contributed by atoms with Crippen molar-refractivity contribution in [2.75, 3.05) is 5.75 Å². The van der Waals surface area contributed by atoms with Gasteiger partial charge in [-0.15, -0.1) is 0 Å². The lowest BCUT2D eigenvalue weighted by atomic mass is 10.1. The van der Waals surface area contributed by atoms with Gasteiger partial charge in [-0.1, -0.05) is 13.8 Å². The summed E-state index contributed by atoms with van der Waals surface area (Å²) in [5, 5.41) is 8.75. The molecule has 0 saturated carbocycles.